The molecule has 3 aromatic rings. The Morgan fingerprint density at radius 3 is 2.74 bits per heavy atom. The summed E-state index contributed by atoms with van der Waals surface area (Å²) in [5.41, 5.74) is 5.39. The molecule has 3 N–H and O–H groups in total. The normalized spacial score (nSPS) is 12.7. The van der Waals surface area contributed by atoms with Crippen molar-refractivity contribution in [2.75, 3.05) is 0 Å². The molecule has 0 fully saturated rings. The highest BCUT2D eigenvalue weighted by Gasteiger charge is 2.13. The zero-order valence-corrected chi connectivity index (χ0v) is 11.2. The van der Waals surface area contributed by atoms with Crippen LogP contribution in [0.2, 0.25) is 0 Å². The highest BCUT2D eigenvalue weighted by Crippen LogP contribution is 2.29. The van der Waals surface area contributed by atoms with E-state index in [9.17, 15) is 0 Å². The SMILES string of the molecule is NNC(Cc1csc2ccccc12)c1ccncc1. The predicted octanol–water partition coefficient (Wildman–Crippen LogP) is 3.04. The Kier molecular flexibility index (Phi) is 3.55. The van der Waals surface area contributed by atoms with Gasteiger partial charge in [-0.25, -0.2) is 0 Å². The standard InChI is InChI=1S/C15H15N3S/c16-18-14(11-5-7-17-8-6-11)9-12-10-19-15-4-2-1-3-13(12)15/h1-8,10,14,18H,9,16H2. The van der Waals surface area contributed by atoms with Crippen LogP contribution in [0.25, 0.3) is 10.1 Å². The van der Waals surface area contributed by atoms with Gasteiger partial charge >= 0.3 is 0 Å². The van der Waals surface area contributed by atoms with Crippen LogP contribution < -0.4 is 11.3 Å². The molecular weight excluding hydrogens is 254 g/mol. The number of fused-ring (bicyclic) bond motifs is 1. The van der Waals surface area contributed by atoms with Crippen molar-refractivity contribution < 1.29 is 0 Å². The molecule has 0 spiro atoms. The van der Waals surface area contributed by atoms with Gasteiger partial charge in [-0.05, 0) is 46.5 Å². The zero-order valence-electron chi connectivity index (χ0n) is 10.4. The molecule has 1 unspecified atom stereocenters. The second-order valence-electron chi connectivity index (χ2n) is 4.46. The minimum absolute atomic E-state index is 0.112. The minimum atomic E-state index is 0.112. The maximum Gasteiger partial charge on any atom is 0.0501 e. The molecule has 96 valence electrons. The molecule has 0 bridgehead atoms. The number of pyridine rings is 1. The number of hydrogen-bond donors (Lipinski definition) is 2. The van der Waals surface area contributed by atoms with Crippen molar-refractivity contribution in [1.82, 2.24) is 10.4 Å². The van der Waals surface area contributed by atoms with Crippen LogP contribution in [-0.4, -0.2) is 4.98 Å². The lowest BCUT2D eigenvalue weighted by molar-refractivity contribution is 0.553. The van der Waals surface area contributed by atoms with Crippen molar-refractivity contribution in [1.29, 1.82) is 0 Å². The lowest BCUT2D eigenvalue weighted by Crippen LogP contribution is -2.29. The van der Waals surface area contributed by atoms with Crippen LogP contribution in [0.5, 0.6) is 0 Å². The summed E-state index contributed by atoms with van der Waals surface area (Å²) in [6.45, 7) is 0. The Bertz CT molecular complexity index is 663. The first-order chi connectivity index (χ1) is 9.38. The summed E-state index contributed by atoms with van der Waals surface area (Å²) in [4.78, 5) is 4.04. The highest BCUT2D eigenvalue weighted by molar-refractivity contribution is 7.17. The summed E-state index contributed by atoms with van der Waals surface area (Å²) in [6.07, 6.45) is 4.47. The van der Waals surface area contributed by atoms with E-state index in [-0.39, 0.29) is 6.04 Å². The van der Waals surface area contributed by atoms with Crippen LogP contribution in [-0.2, 0) is 6.42 Å². The van der Waals surface area contributed by atoms with Gasteiger partial charge in [0.15, 0.2) is 0 Å². The van der Waals surface area contributed by atoms with Gasteiger partial charge in [-0.3, -0.25) is 16.3 Å². The van der Waals surface area contributed by atoms with Gasteiger partial charge < -0.3 is 0 Å². The quantitative estimate of drug-likeness (QED) is 0.565. The van der Waals surface area contributed by atoms with Crippen LogP contribution in [0.15, 0.2) is 54.2 Å². The molecule has 0 aliphatic heterocycles. The molecule has 1 atom stereocenters. The molecule has 0 amide bonds. The monoisotopic (exact) mass is 269 g/mol. The van der Waals surface area contributed by atoms with Crippen molar-refractivity contribution >= 4 is 21.4 Å². The smallest absolute Gasteiger partial charge is 0.0501 e. The Labute approximate surface area is 116 Å². The average Bonchev–Trinajstić information content (AvgIpc) is 2.89. The first-order valence-corrected chi connectivity index (χ1v) is 7.07. The van der Waals surface area contributed by atoms with Gasteiger partial charge in [0.25, 0.3) is 0 Å². The molecule has 19 heavy (non-hydrogen) atoms. The van der Waals surface area contributed by atoms with Gasteiger partial charge in [0.1, 0.15) is 0 Å². The number of benzene rings is 1. The molecule has 0 saturated carbocycles. The first-order valence-electron chi connectivity index (χ1n) is 6.19. The summed E-state index contributed by atoms with van der Waals surface area (Å²) < 4.78 is 1.32. The van der Waals surface area contributed by atoms with E-state index >= 15 is 0 Å². The van der Waals surface area contributed by atoms with Crippen LogP contribution in [0, 0.1) is 0 Å². The van der Waals surface area contributed by atoms with Gasteiger partial charge in [-0.2, -0.15) is 0 Å². The lowest BCUT2D eigenvalue weighted by atomic mass is 10.00. The predicted molar refractivity (Wildman–Crippen MR) is 79.8 cm³/mol. The average molecular weight is 269 g/mol. The second kappa shape index (κ2) is 5.48. The third-order valence-electron chi connectivity index (χ3n) is 3.29. The maximum atomic E-state index is 5.70. The maximum absolute atomic E-state index is 5.70. The van der Waals surface area contributed by atoms with E-state index in [0.29, 0.717) is 0 Å². The van der Waals surface area contributed by atoms with Gasteiger partial charge in [-0.1, -0.05) is 18.2 Å². The van der Waals surface area contributed by atoms with Crippen molar-refractivity contribution in [2.45, 2.75) is 12.5 Å². The van der Waals surface area contributed by atoms with Crippen LogP contribution in [0.3, 0.4) is 0 Å². The van der Waals surface area contributed by atoms with E-state index in [4.69, 9.17) is 5.84 Å². The van der Waals surface area contributed by atoms with Gasteiger partial charge in [0, 0.05) is 17.1 Å². The second-order valence-corrected chi connectivity index (χ2v) is 5.37. The van der Waals surface area contributed by atoms with Crippen LogP contribution >= 0.6 is 11.3 Å². The minimum Gasteiger partial charge on any atom is -0.271 e. The number of nitrogens with two attached hydrogens (primary N) is 1. The molecule has 4 heteroatoms. The van der Waals surface area contributed by atoms with E-state index in [0.717, 1.165) is 12.0 Å². The third-order valence-corrected chi connectivity index (χ3v) is 4.31. The van der Waals surface area contributed by atoms with Gasteiger partial charge in [0.2, 0.25) is 0 Å². The molecule has 0 radical (unpaired) electrons. The van der Waals surface area contributed by atoms with E-state index in [2.05, 4.69) is 40.1 Å². The van der Waals surface area contributed by atoms with Crippen LogP contribution in [0.1, 0.15) is 17.2 Å². The first kappa shape index (κ1) is 12.3. The molecule has 2 heterocycles. The molecule has 3 rings (SSSR count). The number of aromatic nitrogens is 1. The Morgan fingerprint density at radius 2 is 1.95 bits per heavy atom. The number of nitrogens with one attached hydrogen (secondary N) is 1. The molecule has 1 aromatic carbocycles. The summed E-state index contributed by atoms with van der Waals surface area (Å²) in [5.74, 6) is 5.70. The van der Waals surface area contributed by atoms with Gasteiger partial charge in [0.05, 0.1) is 6.04 Å². The number of nitrogens with zero attached hydrogens (tertiary/aromatic N) is 1. The molecule has 2 aromatic heterocycles. The fourth-order valence-corrected chi connectivity index (χ4v) is 3.26. The molecule has 3 nitrogen and oxygen atoms in total. The topological polar surface area (TPSA) is 50.9 Å². The van der Waals surface area contributed by atoms with E-state index in [1.807, 2.05) is 12.1 Å². The fourth-order valence-electron chi connectivity index (χ4n) is 2.28. The van der Waals surface area contributed by atoms with Crippen molar-refractivity contribution in [3.8, 4) is 0 Å². The molecule has 0 saturated heterocycles. The van der Waals surface area contributed by atoms with Crippen molar-refractivity contribution in [2.24, 2.45) is 5.84 Å². The highest BCUT2D eigenvalue weighted by atomic mass is 32.1. The number of hydrogen-bond acceptors (Lipinski definition) is 4. The summed E-state index contributed by atoms with van der Waals surface area (Å²) in [6, 6.07) is 12.6. The fraction of sp³-hybridized carbons (Fsp3) is 0.133. The Balaban J connectivity index is 1.91. The number of thiophene rings is 1. The zero-order chi connectivity index (χ0) is 13.1. The third kappa shape index (κ3) is 2.51. The van der Waals surface area contributed by atoms with E-state index < -0.39 is 0 Å². The Morgan fingerprint density at radius 1 is 1.16 bits per heavy atom. The van der Waals surface area contributed by atoms with E-state index in [1.54, 1.807) is 23.7 Å². The number of hydrazine groups is 1. The number of rotatable bonds is 4. The summed E-state index contributed by atoms with van der Waals surface area (Å²) in [7, 11) is 0. The lowest BCUT2D eigenvalue weighted by Gasteiger charge is -2.15. The largest absolute Gasteiger partial charge is 0.271 e. The van der Waals surface area contributed by atoms with Crippen LogP contribution in [0.4, 0.5) is 0 Å². The van der Waals surface area contributed by atoms with E-state index in [1.165, 1.54) is 15.6 Å². The van der Waals surface area contributed by atoms with Crippen molar-refractivity contribution in [3.63, 3.8) is 0 Å². The van der Waals surface area contributed by atoms with Gasteiger partial charge in [-0.15, -0.1) is 11.3 Å². The van der Waals surface area contributed by atoms with Crippen molar-refractivity contribution in [3.05, 3.63) is 65.3 Å². The Hall–Kier alpha value is -1.75. The molecule has 0 aliphatic rings. The summed E-state index contributed by atoms with van der Waals surface area (Å²) >= 11 is 1.78. The molecular formula is C15H15N3S. The summed E-state index contributed by atoms with van der Waals surface area (Å²) in [5, 5.41) is 3.54. The molecule has 0 aliphatic carbocycles.